The summed E-state index contributed by atoms with van der Waals surface area (Å²) in [5.41, 5.74) is 8.92. The summed E-state index contributed by atoms with van der Waals surface area (Å²) in [5.74, 6) is 0.690. The third kappa shape index (κ3) is 6.31. The number of hydrogen-bond donors (Lipinski definition) is 0. The molecular formula is C30H46SiTi. The second-order valence-electron chi connectivity index (χ2n) is 9.59. The van der Waals surface area contributed by atoms with Crippen molar-refractivity contribution in [2.45, 2.75) is 73.3 Å². The minimum atomic E-state index is -1.50. The second kappa shape index (κ2) is 13.0. The molecule has 0 N–H and O–H groups in total. The van der Waals surface area contributed by atoms with Gasteiger partial charge in [0.25, 0.3) is 0 Å². The summed E-state index contributed by atoms with van der Waals surface area (Å²) < 4.78 is 0. The van der Waals surface area contributed by atoms with Crippen molar-refractivity contribution in [3.05, 3.63) is 98.2 Å². The molecule has 2 aromatic carbocycles. The van der Waals surface area contributed by atoms with Gasteiger partial charge in [0, 0.05) is 0 Å². The summed E-state index contributed by atoms with van der Waals surface area (Å²) in [6, 6.07) is 7.31. The van der Waals surface area contributed by atoms with Gasteiger partial charge in [0.05, 0.1) is 8.80 Å². The van der Waals surface area contributed by atoms with Gasteiger partial charge in [-0.2, -0.15) is 27.4 Å². The van der Waals surface area contributed by atoms with Gasteiger partial charge in [0.15, 0.2) is 0 Å². The van der Waals surface area contributed by atoms with Crippen LogP contribution in [0.3, 0.4) is 0 Å². The number of rotatable bonds is 5. The Morgan fingerprint density at radius 3 is 1.75 bits per heavy atom. The van der Waals surface area contributed by atoms with Gasteiger partial charge in [0.2, 0.25) is 0 Å². The molecule has 2 aromatic rings. The molecule has 0 saturated carbocycles. The van der Waals surface area contributed by atoms with Crippen molar-refractivity contribution >= 4 is 19.2 Å². The molecular weight excluding hydrogens is 436 g/mol. The average Bonchev–Trinajstić information content (AvgIpc) is 2.79. The van der Waals surface area contributed by atoms with Crippen molar-refractivity contribution in [2.24, 2.45) is 5.92 Å². The first kappa shape index (κ1) is 33.2. The molecule has 2 unspecified atom stereocenters. The van der Waals surface area contributed by atoms with Crippen LogP contribution in [0.25, 0.3) is 0 Å². The standard InChI is InChI=1S/C27H37Si.3CH3.Ti/c1-18(2)17-27(12-10-9-11-13-27)28(25-15-19(3)14-20(4)16-25)26-23(7)21(5)22(6)24(26)8;;;;/h9-12,14-16,18,28H,13,17H2,1-8H3;3*1H3;/q4*-1;+4. The van der Waals surface area contributed by atoms with E-state index in [2.05, 4.69) is 97.9 Å². The molecule has 0 amide bonds. The molecule has 32 heavy (non-hydrogen) atoms. The predicted molar refractivity (Wildman–Crippen MR) is 148 cm³/mol. The smallest absolute Gasteiger partial charge is 0.358 e. The van der Waals surface area contributed by atoms with E-state index in [1.54, 1.807) is 21.5 Å². The molecule has 2 atom stereocenters. The van der Waals surface area contributed by atoms with Crippen molar-refractivity contribution in [3.8, 4) is 0 Å². The normalized spacial score (nSPS) is 17.7. The topological polar surface area (TPSA) is 0 Å². The molecule has 0 aliphatic heterocycles. The maximum atomic E-state index is 2.58. The molecule has 0 nitrogen and oxygen atoms in total. The molecule has 0 radical (unpaired) electrons. The molecule has 0 saturated heterocycles. The summed E-state index contributed by atoms with van der Waals surface area (Å²) in [6.07, 6.45) is 12.0. The van der Waals surface area contributed by atoms with Gasteiger partial charge >= 0.3 is 21.7 Å². The Kier molecular flexibility index (Phi) is 13.5. The first-order valence-electron chi connectivity index (χ1n) is 10.8. The van der Waals surface area contributed by atoms with E-state index in [0.717, 1.165) is 0 Å². The number of benzene rings is 1. The van der Waals surface area contributed by atoms with Crippen LogP contribution in [-0.2, 0) is 21.7 Å². The van der Waals surface area contributed by atoms with E-state index in [-0.39, 0.29) is 49.0 Å². The van der Waals surface area contributed by atoms with E-state index in [0.29, 0.717) is 5.92 Å². The Morgan fingerprint density at radius 2 is 1.34 bits per heavy atom. The Balaban J connectivity index is 0. The summed E-state index contributed by atoms with van der Waals surface area (Å²) in [6.45, 7) is 18.7. The quantitative estimate of drug-likeness (QED) is 0.311. The van der Waals surface area contributed by atoms with Crippen LogP contribution in [0.2, 0.25) is 5.04 Å². The zero-order valence-electron chi connectivity index (χ0n) is 22.6. The molecule has 0 heterocycles. The van der Waals surface area contributed by atoms with E-state index in [1.165, 1.54) is 35.1 Å². The molecule has 0 spiro atoms. The Labute approximate surface area is 217 Å². The van der Waals surface area contributed by atoms with Crippen LogP contribution in [0.1, 0.15) is 60.1 Å². The average molecular weight is 483 g/mol. The van der Waals surface area contributed by atoms with Gasteiger partial charge in [0.1, 0.15) is 0 Å². The minimum Gasteiger partial charge on any atom is -0.358 e. The van der Waals surface area contributed by atoms with Crippen molar-refractivity contribution in [1.82, 2.24) is 0 Å². The van der Waals surface area contributed by atoms with Gasteiger partial charge in [-0.15, -0.1) is 0 Å². The molecule has 0 bridgehead atoms. The number of allylic oxidation sites excluding steroid dienone is 4. The monoisotopic (exact) mass is 482 g/mol. The summed E-state index contributed by atoms with van der Waals surface area (Å²) in [4.78, 5) is 0. The minimum absolute atomic E-state index is 0. The summed E-state index contributed by atoms with van der Waals surface area (Å²) in [7, 11) is -1.50. The fourth-order valence-electron chi connectivity index (χ4n) is 5.57. The molecule has 1 aliphatic carbocycles. The molecule has 3 rings (SSSR count). The first-order valence-corrected chi connectivity index (χ1v) is 12.5. The third-order valence-corrected chi connectivity index (χ3v) is 11.2. The van der Waals surface area contributed by atoms with E-state index >= 15 is 0 Å². The maximum absolute atomic E-state index is 2.58. The van der Waals surface area contributed by atoms with E-state index in [1.807, 2.05) is 0 Å². The maximum Gasteiger partial charge on any atom is 4.00 e. The largest absolute Gasteiger partial charge is 4.00 e. The number of aryl methyl sites for hydroxylation is 2. The Hall–Kier alpha value is -1.02. The Bertz CT molecular complexity index is 883. The SMILES string of the molecule is Cc1cc(C)cc([SiH]([c-]2c(C)c(C)c(C)c2C)C2(CC(C)C)C=CC=CC2)c1.[CH3-].[CH3-].[CH3-].[Ti+4]. The van der Waals surface area contributed by atoms with Gasteiger partial charge in [-0.05, 0) is 37.6 Å². The summed E-state index contributed by atoms with van der Waals surface area (Å²) >= 11 is 0. The van der Waals surface area contributed by atoms with E-state index in [9.17, 15) is 0 Å². The van der Waals surface area contributed by atoms with Gasteiger partial charge in [-0.3, -0.25) is 0 Å². The molecule has 1 aliphatic rings. The van der Waals surface area contributed by atoms with Crippen LogP contribution < -0.4 is 10.4 Å². The third-order valence-electron chi connectivity index (χ3n) is 6.90. The first-order chi connectivity index (χ1) is 13.2. The van der Waals surface area contributed by atoms with Gasteiger partial charge in [-0.1, -0.05) is 100 Å². The molecule has 0 aromatic heterocycles. The van der Waals surface area contributed by atoms with Crippen LogP contribution in [0.15, 0.2) is 42.5 Å². The van der Waals surface area contributed by atoms with Crippen LogP contribution >= 0.6 is 0 Å². The van der Waals surface area contributed by atoms with Gasteiger partial charge in [-0.25, -0.2) is 0 Å². The zero-order chi connectivity index (χ0) is 20.6. The van der Waals surface area contributed by atoms with Crippen LogP contribution in [0, 0.1) is 69.7 Å². The van der Waals surface area contributed by atoms with Crippen molar-refractivity contribution < 1.29 is 21.7 Å². The fourth-order valence-corrected chi connectivity index (χ4v) is 10.7. The van der Waals surface area contributed by atoms with Crippen molar-refractivity contribution in [2.75, 3.05) is 0 Å². The molecule has 0 fully saturated rings. The van der Waals surface area contributed by atoms with Crippen molar-refractivity contribution in [3.63, 3.8) is 0 Å². The Morgan fingerprint density at radius 1 is 0.844 bits per heavy atom. The van der Waals surface area contributed by atoms with E-state index in [4.69, 9.17) is 0 Å². The van der Waals surface area contributed by atoms with E-state index < -0.39 is 8.80 Å². The molecule has 2 heteroatoms. The predicted octanol–water partition coefficient (Wildman–Crippen LogP) is 7.25. The zero-order valence-corrected chi connectivity index (χ0v) is 25.3. The van der Waals surface area contributed by atoms with Crippen LogP contribution in [0.4, 0.5) is 0 Å². The molecule has 174 valence electrons. The van der Waals surface area contributed by atoms with Crippen LogP contribution in [-0.4, -0.2) is 8.80 Å². The number of hydrogen-bond acceptors (Lipinski definition) is 0. The van der Waals surface area contributed by atoms with Gasteiger partial charge < -0.3 is 22.3 Å². The summed E-state index contributed by atoms with van der Waals surface area (Å²) in [5, 5.41) is 3.60. The second-order valence-corrected chi connectivity index (χ2v) is 12.9. The fraction of sp³-hybridized carbons (Fsp3) is 0.400. The van der Waals surface area contributed by atoms with Crippen molar-refractivity contribution in [1.29, 1.82) is 0 Å². The van der Waals surface area contributed by atoms with Crippen LogP contribution in [0.5, 0.6) is 0 Å².